The summed E-state index contributed by atoms with van der Waals surface area (Å²) in [6.45, 7) is 3.82. The predicted molar refractivity (Wildman–Crippen MR) is 83.1 cm³/mol. The van der Waals surface area contributed by atoms with Crippen molar-refractivity contribution in [3.63, 3.8) is 0 Å². The molecule has 19 heavy (non-hydrogen) atoms. The number of rotatable bonds is 2. The molecule has 3 heteroatoms. The Morgan fingerprint density at radius 2 is 1.84 bits per heavy atom. The SMILES string of the molecule is Cc1ccc(CN2Cc3ccccc3NC2=S)cc1. The first-order valence-corrected chi connectivity index (χ1v) is 6.82. The van der Waals surface area contributed by atoms with Crippen molar-refractivity contribution in [3.05, 3.63) is 65.2 Å². The number of anilines is 1. The van der Waals surface area contributed by atoms with Gasteiger partial charge >= 0.3 is 0 Å². The number of thiocarbonyl (C=S) groups is 1. The van der Waals surface area contributed by atoms with E-state index >= 15 is 0 Å². The molecule has 0 fully saturated rings. The lowest BCUT2D eigenvalue weighted by atomic mass is 10.1. The van der Waals surface area contributed by atoms with Crippen molar-refractivity contribution in [2.75, 3.05) is 5.32 Å². The van der Waals surface area contributed by atoms with E-state index < -0.39 is 0 Å². The third-order valence-electron chi connectivity index (χ3n) is 3.40. The standard InChI is InChI=1S/C16H16N2S/c1-12-6-8-13(9-7-12)10-18-11-14-4-2-3-5-15(14)17-16(18)19/h2-9H,10-11H2,1H3,(H,17,19). The van der Waals surface area contributed by atoms with Crippen LogP contribution in [0.15, 0.2) is 48.5 Å². The molecular formula is C16H16N2S. The molecule has 1 aliphatic rings. The zero-order chi connectivity index (χ0) is 13.2. The molecule has 0 amide bonds. The molecule has 0 saturated heterocycles. The molecule has 0 bridgehead atoms. The highest BCUT2D eigenvalue weighted by molar-refractivity contribution is 7.80. The van der Waals surface area contributed by atoms with Gasteiger partial charge in [0.1, 0.15) is 0 Å². The Morgan fingerprint density at radius 3 is 2.63 bits per heavy atom. The Hall–Kier alpha value is -1.87. The molecule has 0 aromatic heterocycles. The first-order valence-electron chi connectivity index (χ1n) is 6.42. The van der Waals surface area contributed by atoms with Crippen molar-refractivity contribution in [2.24, 2.45) is 0 Å². The fourth-order valence-corrected chi connectivity index (χ4v) is 2.53. The van der Waals surface area contributed by atoms with Crippen LogP contribution in [-0.2, 0) is 13.1 Å². The van der Waals surface area contributed by atoms with Crippen LogP contribution in [0.5, 0.6) is 0 Å². The highest BCUT2D eigenvalue weighted by atomic mass is 32.1. The number of nitrogens with one attached hydrogen (secondary N) is 1. The summed E-state index contributed by atoms with van der Waals surface area (Å²) >= 11 is 5.44. The third-order valence-corrected chi connectivity index (χ3v) is 3.76. The van der Waals surface area contributed by atoms with Crippen LogP contribution in [0, 0.1) is 6.92 Å². The normalized spacial score (nSPS) is 13.9. The number of hydrogen-bond donors (Lipinski definition) is 1. The Labute approximate surface area is 119 Å². The number of hydrogen-bond acceptors (Lipinski definition) is 1. The van der Waals surface area contributed by atoms with E-state index in [9.17, 15) is 0 Å². The second-order valence-corrected chi connectivity index (χ2v) is 5.32. The summed E-state index contributed by atoms with van der Waals surface area (Å²) < 4.78 is 0. The third kappa shape index (κ3) is 2.61. The zero-order valence-corrected chi connectivity index (χ0v) is 11.7. The second kappa shape index (κ2) is 5.02. The molecule has 96 valence electrons. The van der Waals surface area contributed by atoms with Crippen LogP contribution >= 0.6 is 12.2 Å². The lowest BCUT2D eigenvalue weighted by Gasteiger charge is -2.32. The lowest BCUT2D eigenvalue weighted by Crippen LogP contribution is -2.37. The minimum absolute atomic E-state index is 0.805. The van der Waals surface area contributed by atoms with Gasteiger partial charge in [0.25, 0.3) is 0 Å². The highest BCUT2D eigenvalue weighted by Crippen LogP contribution is 2.24. The van der Waals surface area contributed by atoms with Crippen LogP contribution in [0.3, 0.4) is 0 Å². The fraction of sp³-hybridized carbons (Fsp3) is 0.188. The van der Waals surface area contributed by atoms with E-state index in [0.717, 1.165) is 23.9 Å². The Balaban J connectivity index is 1.79. The topological polar surface area (TPSA) is 15.3 Å². The minimum Gasteiger partial charge on any atom is -0.340 e. The zero-order valence-electron chi connectivity index (χ0n) is 10.9. The van der Waals surface area contributed by atoms with Crippen LogP contribution in [0.1, 0.15) is 16.7 Å². The molecule has 0 atom stereocenters. The summed E-state index contributed by atoms with van der Waals surface area (Å²) in [5.74, 6) is 0. The number of benzene rings is 2. The summed E-state index contributed by atoms with van der Waals surface area (Å²) in [5.41, 5.74) is 5.00. The van der Waals surface area contributed by atoms with E-state index in [4.69, 9.17) is 12.2 Å². The number of fused-ring (bicyclic) bond motifs is 1. The van der Waals surface area contributed by atoms with E-state index in [-0.39, 0.29) is 0 Å². The van der Waals surface area contributed by atoms with E-state index in [0.29, 0.717) is 0 Å². The molecule has 2 aromatic rings. The lowest BCUT2D eigenvalue weighted by molar-refractivity contribution is 0.407. The fourth-order valence-electron chi connectivity index (χ4n) is 2.29. The highest BCUT2D eigenvalue weighted by Gasteiger charge is 2.18. The van der Waals surface area contributed by atoms with Gasteiger partial charge in [-0.1, -0.05) is 48.0 Å². The van der Waals surface area contributed by atoms with Crippen molar-refractivity contribution < 1.29 is 0 Å². The maximum Gasteiger partial charge on any atom is 0.174 e. The number of aryl methyl sites for hydroxylation is 1. The van der Waals surface area contributed by atoms with Gasteiger partial charge in [0.15, 0.2) is 5.11 Å². The minimum atomic E-state index is 0.805. The first-order chi connectivity index (χ1) is 9.22. The summed E-state index contributed by atoms with van der Waals surface area (Å²) in [4.78, 5) is 2.20. The van der Waals surface area contributed by atoms with Crippen LogP contribution in [0.25, 0.3) is 0 Å². The molecule has 2 nitrogen and oxygen atoms in total. The quantitative estimate of drug-likeness (QED) is 0.836. The average molecular weight is 268 g/mol. The second-order valence-electron chi connectivity index (χ2n) is 4.93. The molecule has 1 N–H and O–H groups in total. The van der Waals surface area contributed by atoms with Crippen LogP contribution in [-0.4, -0.2) is 10.0 Å². The van der Waals surface area contributed by atoms with E-state index in [1.165, 1.54) is 16.7 Å². The molecule has 0 spiro atoms. The maximum absolute atomic E-state index is 5.44. The van der Waals surface area contributed by atoms with Gasteiger partial charge in [-0.25, -0.2) is 0 Å². The Kier molecular flexibility index (Phi) is 3.22. The van der Waals surface area contributed by atoms with Gasteiger partial charge in [0.05, 0.1) is 0 Å². The molecule has 1 aliphatic heterocycles. The number of nitrogens with zero attached hydrogens (tertiary/aromatic N) is 1. The van der Waals surface area contributed by atoms with Gasteiger partial charge in [0, 0.05) is 18.8 Å². The summed E-state index contributed by atoms with van der Waals surface area (Å²) in [6, 6.07) is 16.9. The maximum atomic E-state index is 5.44. The molecule has 0 aliphatic carbocycles. The van der Waals surface area contributed by atoms with Gasteiger partial charge in [-0.2, -0.15) is 0 Å². The van der Waals surface area contributed by atoms with Crippen molar-refractivity contribution in [2.45, 2.75) is 20.0 Å². The molecule has 1 heterocycles. The van der Waals surface area contributed by atoms with Gasteiger partial charge in [-0.3, -0.25) is 0 Å². The molecule has 0 radical (unpaired) electrons. The van der Waals surface area contributed by atoms with E-state index in [2.05, 4.69) is 59.6 Å². The van der Waals surface area contributed by atoms with Crippen LogP contribution in [0.4, 0.5) is 5.69 Å². The molecular weight excluding hydrogens is 252 g/mol. The average Bonchev–Trinajstić information content (AvgIpc) is 2.42. The van der Waals surface area contributed by atoms with Gasteiger partial charge in [-0.05, 0) is 36.3 Å². The van der Waals surface area contributed by atoms with Crippen molar-refractivity contribution in [3.8, 4) is 0 Å². The summed E-state index contributed by atoms with van der Waals surface area (Å²) in [5, 5.41) is 4.10. The first kappa shape index (κ1) is 12.2. The van der Waals surface area contributed by atoms with Gasteiger partial charge in [-0.15, -0.1) is 0 Å². The Bertz CT molecular complexity index is 604. The van der Waals surface area contributed by atoms with Crippen molar-refractivity contribution in [1.29, 1.82) is 0 Å². The monoisotopic (exact) mass is 268 g/mol. The van der Waals surface area contributed by atoms with Gasteiger partial charge < -0.3 is 10.2 Å². The predicted octanol–water partition coefficient (Wildman–Crippen LogP) is 3.71. The van der Waals surface area contributed by atoms with E-state index in [1.807, 2.05) is 6.07 Å². The molecule has 0 saturated carbocycles. The largest absolute Gasteiger partial charge is 0.340 e. The summed E-state index contributed by atoms with van der Waals surface area (Å²) in [6.07, 6.45) is 0. The van der Waals surface area contributed by atoms with E-state index in [1.54, 1.807) is 0 Å². The smallest absolute Gasteiger partial charge is 0.174 e. The molecule has 3 rings (SSSR count). The van der Waals surface area contributed by atoms with Crippen LogP contribution in [0.2, 0.25) is 0 Å². The summed E-state index contributed by atoms with van der Waals surface area (Å²) in [7, 11) is 0. The molecule has 0 unspecified atom stereocenters. The van der Waals surface area contributed by atoms with Gasteiger partial charge in [0.2, 0.25) is 0 Å². The van der Waals surface area contributed by atoms with Crippen molar-refractivity contribution >= 4 is 23.0 Å². The number of para-hydroxylation sites is 1. The molecule has 2 aromatic carbocycles. The van der Waals surface area contributed by atoms with Crippen LogP contribution < -0.4 is 5.32 Å². The Morgan fingerprint density at radius 1 is 1.11 bits per heavy atom. The van der Waals surface area contributed by atoms with Crippen molar-refractivity contribution in [1.82, 2.24) is 4.90 Å².